The molecule has 3 aromatic carbocycles. The van der Waals surface area contributed by atoms with E-state index in [1.807, 2.05) is 86.6 Å². The number of nitrogens with zero attached hydrogens (tertiary/aromatic N) is 4. The standard InChI is InChI=1S/C27H24N6O2/c1-17-15-24(33(2)3)31-27(28-17)30-21-12-10-20(11-13-21)29-26(34)19-9-14-23-22(16-19)25(35-32-23)18-7-5-4-6-8-18/h4-16H,1-3H3,(H,29,34)(H,28,30,31). The normalized spacial score (nSPS) is 10.8. The molecule has 5 aromatic rings. The second kappa shape index (κ2) is 9.26. The minimum atomic E-state index is -0.217. The molecule has 174 valence electrons. The quantitative estimate of drug-likeness (QED) is 0.335. The van der Waals surface area contributed by atoms with Gasteiger partial charge in [0.1, 0.15) is 11.3 Å². The van der Waals surface area contributed by atoms with E-state index in [1.165, 1.54) is 0 Å². The van der Waals surface area contributed by atoms with Crippen LogP contribution >= 0.6 is 0 Å². The first-order valence-electron chi connectivity index (χ1n) is 11.1. The number of amides is 1. The zero-order chi connectivity index (χ0) is 24.4. The summed E-state index contributed by atoms with van der Waals surface area (Å²) in [6.07, 6.45) is 0. The minimum Gasteiger partial charge on any atom is -0.363 e. The van der Waals surface area contributed by atoms with Crippen LogP contribution in [0.4, 0.5) is 23.1 Å². The van der Waals surface area contributed by atoms with E-state index in [1.54, 1.807) is 18.2 Å². The van der Waals surface area contributed by atoms with Gasteiger partial charge in [0.05, 0.1) is 5.39 Å². The van der Waals surface area contributed by atoms with Crippen molar-refractivity contribution < 1.29 is 9.32 Å². The highest BCUT2D eigenvalue weighted by molar-refractivity contribution is 6.07. The molecule has 0 radical (unpaired) electrons. The molecule has 8 heteroatoms. The highest BCUT2D eigenvalue weighted by atomic mass is 16.5. The van der Waals surface area contributed by atoms with E-state index in [0.717, 1.165) is 28.1 Å². The molecule has 0 aliphatic heterocycles. The number of fused-ring (bicyclic) bond motifs is 1. The van der Waals surface area contributed by atoms with Crippen LogP contribution in [-0.4, -0.2) is 35.1 Å². The maximum absolute atomic E-state index is 12.9. The Morgan fingerprint density at radius 3 is 2.37 bits per heavy atom. The summed E-state index contributed by atoms with van der Waals surface area (Å²) in [6.45, 7) is 1.93. The third-order valence-corrected chi connectivity index (χ3v) is 5.47. The molecule has 0 bridgehead atoms. The highest BCUT2D eigenvalue weighted by Crippen LogP contribution is 2.29. The van der Waals surface area contributed by atoms with Gasteiger partial charge in [-0.05, 0) is 49.4 Å². The first-order valence-corrected chi connectivity index (χ1v) is 11.1. The number of aromatic nitrogens is 3. The van der Waals surface area contributed by atoms with Crippen LogP contribution in [0.1, 0.15) is 16.1 Å². The molecule has 1 amide bonds. The van der Waals surface area contributed by atoms with Crippen molar-refractivity contribution in [2.75, 3.05) is 29.6 Å². The zero-order valence-corrected chi connectivity index (χ0v) is 19.6. The summed E-state index contributed by atoms with van der Waals surface area (Å²) in [5.74, 6) is 1.76. The van der Waals surface area contributed by atoms with Crippen molar-refractivity contribution in [3.05, 3.63) is 90.1 Å². The molecule has 0 unspecified atom stereocenters. The lowest BCUT2D eigenvalue weighted by atomic mass is 10.1. The molecule has 0 saturated carbocycles. The molecule has 0 spiro atoms. The third-order valence-electron chi connectivity index (χ3n) is 5.47. The van der Waals surface area contributed by atoms with E-state index >= 15 is 0 Å². The van der Waals surface area contributed by atoms with Crippen LogP contribution in [0.3, 0.4) is 0 Å². The Labute approximate surface area is 202 Å². The summed E-state index contributed by atoms with van der Waals surface area (Å²) in [5.41, 5.74) is 4.49. The van der Waals surface area contributed by atoms with Gasteiger partial charge in [-0.25, -0.2) is 4.98 Å². The van der Waals surface area contributed by atoms with Crippen LogP contribution in [0, 0.1) is 6.92 Å². The Morgan fingerprint density at radius 1 is 0.886 bits per heavy atom. The minimum absolute atomic E-state index is 0.217. The number of benzene rings is 3. The van der Waals surface area contributed by atoms with Crippen molar-refractivity contribution in [1.82, 2.24) is 15.1 Å². The van der Waals surface area contributed by atoms with Gasteiger partial charge in [0, 0.05) is 48.4 Å². The van der Waals surface area contributed by atoms with Gasteiger partial charge in [-0.2, -0.15) is 4.98 Å². The van der Waals surface area contributed by atoms with Crippen molar-refractivity contribution in [2.45, 2.75) is 6.92 Å². The SMILES string of the molecule is Cc1cc(N(C)C)nc(Nc2ccc(NC(=O)c3ccc4noc(-c5ccccc5)c4c3)cc2)n1. The molecule has 0 fully saturated rings. The van der Waals surface area contributed by atoms with E-state index in [4.69, 9.17) is 4.52 Å². The number of anilines is 4. The summed E-state index contributed by atoms with van der Waals surface area (Å²) < 4.78 is 5.54. The van der Waals surface area contributed by atoms with Crippen molar-refractivity contribution in [3.63, 3.8) is 0 Å². The topological polar surface area (TPSA) is 96.2 Å². The lowest BCUT2D eigenvalue weighted by molar-refractivity contribution is 0.102. The van der Waals surface area contributed by atoms with E-state index in [0.29, 0.717) is 28.5 Å². The number of hydrogen-bond acceptors (Lipinski definition) is 7. The first-order chi connectivity index (χ1) is 17.0. The van der Waals surface area contributed by atoms with Crippen molar-refractivity contribution >= 4 is 40.0 Å². The largest absolute Gasteiger partial charge is 0.363 e. The number of hydrogen-bond donors (Lipinski definition) is 2. The zero-order valence-electron chi connectivity index (χ0n) is 19.6. The molecule has 8 nitrogen and oxygen atoms in total. The predicted molar refractivity (Wildman–Crippen MR) is 138 cm³/mol. The van der Waals surface area contributed by atoms with Gasteiger partial charge in [0.25, 0.3) is 5.91 Å². The third kappa shape index (κ3) is 4.81. The van der Waals surface area contributed by atoms with Gasteiger partial charge < -0.3 is 20.1 Å². The van der Waals surface area contributed by atoms with E-state index in [9.17, 15) is 4.79 Å². The highest BCUT2D eigenvalue weighted by Gasteiger charge is 2.14. The fourth-order valence-corrected chi connectivity index (χ4v) is 3.69. The molecule has 0 aliphatic carbocycles. The number of nitrogens with one attached hydrogen (secondary N) is 2. The number of carbonyl (C=O) groups excluding carboxylic acids is 1. The van der Waals surface area contributed by atoms with Crippen LogP contribution in [-0.2, 0) is 0 Å². The van der Waals surface area contributed by atoms with Gasteiger partial charge in [-0.1, -0.05) is 35.5 Å². The second-order valence-electron chi connectivity index (χ2n) is 8.35. The summed E-state index contributed by atoms with van der Waals surface area (Å²) in [5, 5.41) is 11.1. The van der Waals surface area contributed by atoms with Gasteiger partial charge in [0.15, 0.2) is 5.76 Å². The summed E-state index contributed by atoms with van der Waals surface area (Å²) in [6, 6.07) is 24.4. The molecule has 2 aromatic heterocycles. The average Bonchev–Trinajstić information content (AvgIpc) is 3.29. The summed E-state index contributed by atoms with van der Waals surface area (Å²) in [7, 11) is 3.87. The molecule has 0 aliphatic rings. The monoisotopic (exact) mass is 464 g/mol. The number of aryl methyl sites for hydroxylation is 1. The van der Waals surface area contributed by atoms with Gasteiger partial charge in [0.2, 0.25) is 5.95 Å². The maximum atomic E-state index is 12.9. The Hall–Kier alpha value is -4.72. The van der Waals surface area contributed by atoms with E-state index < -0.39 is 0 Å². The lowest BCUT2D eigenvalue weighted by Gasteiger charge is -2.14. The molecular formula is C27H24N6O2. The Balaban J connectivity index is 1.31. The van der Waals surface area contributed by atoms with Crippen molar-refractivity contribution in [3.8, 4) is 11.3 Å². The van der Waals surface area contributed by atoms with Crippen molar-refractivity contribution in [1.29, 1.82) is 0 Å². The Bertz CT molecular complexity index is 1490. The first kappa shape index (κ1) is 22.1. The van der Waals surface area contributed by atoms with Gasteiger partial charge >= 0.3 is 0 Å². The second-order valence-corrected chi connectivity index (χ2v) is 8.35. The Morgan fingerprint density at radius 2 is 1.63 bits per heavy atom. The smallest absolute Gasteiger partial charge is 0.255 e. The van der Waals surface area contributed by atoms with E-state index in [-0.39, 0.29) is 5.91 Å². The van der Waals surface area contributed by atoms with Gasteiger partial charge in [-0.15, -0.1) is 0 Å². The maximum Gasteiger partial charge on any atom is 0.255 e. The molecule has 0 atom stereocenters. The van der Waals surface area contributed by atoms with Crippen LogP contribution in [0.15, 0.2) is 83.4 Å². The lowest BCUT2D eigenvalue weighted by Crippen LogP contribution is -2.13. The molecule has 2 N–H and O–H groups in total. The number of rotatable bonds is 6. The molecule has 0 saturated heterocycles. The average molecular weight is 465 g/mol. The Kier molecular flexibility index (Phi) is 5.85. The summed E-state index contributed by atoms with van der Waals surface area (Å²) in [4.78, 5) is 23.8. The molecule has 2 heterocycles. The van der Waals surface area contributed by atoms with Crippen LogP contribution < -0.4 is 15.5 Å². The molecular weight excluding hydrogens is 440 g/mol. The van der Waals surface area contributed by atoms with Crippen LogP contribution in [0.2, 0.25) is 0 Å². The predicted octanol–water partition coefficient (Wildman–Crippen LogP) is 5.66. The van der Waals surface area contributed by atoms with Crippen molar-refractivity contribution in [2.24, 2.45) is 0 Å². The molecule has 35 heavy (non-hydrogen) atoms. The summed E-state index contributed by atoms with van der Waals surface area (Å²) >= 11 is 0. The fourth-order valence-electron chi connectivity index (χ4n) is 3.69. The van der Waals surface area contributed by atoms with E-state index in [2.05, 4.69) is 25.8 Å². The fraction of sp³-hybridized carbons (Fsp3) is 0.111. The molecule has 5 rings (SSSR count). The van der Waals surface area contributed by atoms with Crippen LogP contribution in [0.5, 0.6) is 0 Å². The number of carbonyl (C=O) groups is 1. The van der Waals surface area contributed by atoms with Crippen LogP contribution in [0.25, 0.3) is 22.2 Å². The van der Waals surface area contributed by atoms with Gasteiger partial charge in [-0.3, -0.25) is 4.79 Å².